The number of benzene rings is 3. The fourth-order valence-corrected chi connectivity index (χ4v) is 8.68. The molecule has 2 N–H and O–H groups in total. The number of nitrogens with zero attached hydrogens (tertiary/aromatic N) is 3. The van der Waals surface area contributed by atoms with Crippen LogP contribution in [-0.4, -0.2) is 88.5 Å². The minimum absolute atomic E-state index is 0.0407. The maximum absolute atomic E-state index is 13.7. The quantitative estimate of drug-likeness (QED) is 0.247. The van der Waals surface area contributed by atoms with E-state index in [1.165, 1.54) is 18.9 Å². The third kappa shape index (κ3) is 4.01. The van der Waals surface area contributed by atoms with Gasteiger partial charge in [-0.05, 0) is 57.0 Å². The molecule has 0 spiro atoms. The van der Waals surface area contributed by atoms with Crippen molar-refractivity contribution < 1.29 is 43.5 Å². The molecule has 5 atom stereocenters. The molecule has 5 aliphatic rings. The fourth-order valence-electron chi connectivity index (χ4n) is 8.68. The summed E-state index contributed by atoms with van der Waals surface area (Å²) in [7, 11) is 3.45. The number of aliphatic hydroxyl groups excluding tert-OH is 1. The van der Waals surface area contributed by atoms with E-state index in [1.807, 2.05) is 24.9 Å². The first-order valence-electron chi connectivity index (χ1n) is 15.7. The Morgan fingerprint density at radius 1 is 1.00 bits per heavy atom. The van der Waals surface area contributed by atoms with Gasteiger partial charge < -0.3 is 29.2 Å². The van der Waals surface area contributed by atoms with Gasteiger partial charge in [0.2, 0.25) is 6.79 Å². The number of amides is 2. The summed E-state index contributed by atoms with van der Waals surface area (Å²) in [4.78, 5) is 45.2. The molecule has 0 saturated carbocycles. The van der Waals surface area contributed by atoms with Crippen LogP contribution < -0.4 is 18.9 Å². The van der Waals surface area contributed by atoms with E-state index in [9.17, 15) is 24.6 Å². The zero-order valence-corrected chi connectivity index (χ0v) is 26.7. The van der Waals surface area contributed by atoms with Crippen molar-refractivity contribution in [2.24, 2.45) is 0 Å². The van der Waals surface area contributed by atoms with Gasteiger partial charge in [-0.25, -0.2) is 0 Å². The van der Waals surface area contributed by atoms with Crippen LogP contribution in [0.3, 0.4) is 0 Å². The van der Waals surface area contributed by atoms with Crippen LogP contribution in [0.1, 0.15) is 73.1 Å². The third-order valence-corrected chi connectivity index (χ3v) is 10.6. The average molecular weight is 642 g/mol. The Morgan fingerprint density at radius 3 is 2.34 bits per heavy atom. The molecule has 1 saturated heterocycles. The van der Waals surface area contributed by atoms with Crippen LogP contribution in [0, 0.1) is 13.8 Å². The van der Waals surface area contributed by atoms with Crippen LogP contribution >= 0.6 is 0 Å². The lowest BCUT2D eigenvalue weighted by atomic mass is 9.73. The number of imide groups is 1. The Labute approximate surface area is 271 Å². The van der Waals surface area contributed by atoms with Crippen molar-refractivity contribution in [3.8, 4) is 28.7 Å². The van der Waals surface area contributed by atoms with E-state index in [0.717, 1.165) is 11.1 Å². The molecule has 244 valence electrons. The number of hydrogen-bond donors (Lipinski definition) is 2. The molecular weight excluding hydrogens is 606 g/mol. The molecule has 5 aliphatic heterocycles. The number of esters is 1. The van der Waals surface area contributed by atoms with Gasteiger partial charge in [0.25, 0.3) is 11.8 Å². The number of aromatic hydroxyl groups is 1. The van der Waals surface area contributed by atoms with Gasteiger partial charge in [-0.3, -0.25) is 29.1 Å². The van der Waals surface area contributed by atoms with Gasteiger partial charge in [0, 0.05) is 41.8 Å². The first-order valence-corrected chi connectivity index (χ1v) is 15.7. The summed E-state index contributed by atoms with van der Waals surface area (Å²) in [5, 5.41) is 24.0. The van der Waals surface area contributed by atoms with Crippen molar-refractivity contribution in [2.45, 2.75) is 64.0 Å². The number of phenolic OH excluding ortho intramolecular Hbond substituents is 1. The van der Waals surface area contributed by atoms with Crippen LogP contribution in [0.5, 0.6) is 28.7 Å². The largest absolute Gasteiger partial charge is 0.504 e. The predicted molar refractivity (Wildman–Crippen MR) is 166 cm³/mol. The molecule has 5 heterocycles. The Balaban J connectivity index is 1.36. The molecule has 2 amide bonds. The smallest absolute Gasteiger partial charge is 0.308 e. The summed E-state index contributed by atoms with van der Waals surface area (Å²) < 4.78 is 23.5. The zero-order valence-electron chi connectivity index (χ0n) is 26.7. The predicted octanol–water partition coefficient (Wildman–Crippen LogP) is 3.17. The summed E-state index contributed by atoms with van der Waals surface area (Å²) in [6.07, 6.45) is -0.298. The molecule has 47 heavy (non-hydrogen) atoms. The van der Waals surface area contributed by atoms with Crippen molar-refractivity contribution in [2.75, 3.05) is 27.5 Å². The molecule has 0 aliphatic carbocycles. The van der Waals surface area contributed by atoms with Gasteiger partial charge in [-0.15, -0.1) is 0 Å². The molecule has 3 aromatic rings. The number of rotatable bonds is 4. The van der Waals surface area contributed by atoms with Gasteiger partial charge in [-0.1, -0.05) is 18.2 Å². The number of fused-ring (bicyclic) bond motifs is 10. The van der Waals surface area contributed by atoms with Crippen molar-refractivity contribution in [1.29, 1.82) is 0 Å². The molecule has 1 fully saturated rings. The lowest BCUT2D eigenvalue weighted by Crippen LogP contribution is -2.69. The topological polar surface area (TPSA) is 138 Å². The Morgan fingerprint density at radius 2 is 1.68 bits per heavy atom. The number of hydrogen-bond acceptors (Lipinski definition) is 11. The van der Waals surface area contributed by atoms with Crippen molar-refractivity contribution >= 4 is 17.8 Å². The van der Waals surface area contributed by atoms with Crippen molar-refractivity contribution in [1.82, 2.24) is 14.7 Å². The van der Waals surface area contributed by atoms with E-state index in [1.54, 1.807) is 31.2 Å². The maximum Gasteiger partial charge on any atom is 0.308 e. The van der Waals surface area contributed by atoms with Crippen molar-refractivity contribution in [3.63, 3.8) is 0 Å². The van der Waals surface area contributed by atoms with E-state index in [4.69, 9.17) is 18.9 Å². The van der Waals surface area contributed by atoms with Crippen LogP contribution in [-0.2, 0) is 17.6 Å². The second-order valence-corrected chi connectivity index (χ2v) is 12.9. The minimum Gasteiger partial charge on any atom is -0.504 e. The number of carbonyl (C=O) groups is 3. The lowest BCUT2D eigenvalue weighted by Gasteiger charge is -2.60. The highest BCUT2D eigenvalue weighted by molar-refractivity contribution is 6.21. The van der Waals surface area contributed by atoms with E-state index < -0.39 is 42.1 Å². The molecule has 3 aromatic carbocycles. The second kappa shape index (κ2) is 10.4. The maximum atomic E-state index is 13.7. The number of ether oxygens (including phenoxy) is 4. The van der Waals surface area contributed by atoms with Gasteiger partial charge >= 0.3 is 5.97 Å². The molecule has 8 rings (SSSR count). The normalized spacial score (nSPS) is 25.7. The van der Waals surface area contributed by atoms with Gasteiger partial charge in [0.1, 0.15) is 12.0 Å². The second-order valence-electron chi connectivity index (χ2n) is 12.9. The summed E-state index contributed by atoms with van der Waals surface area (Å²) in [6.45, 7) is 4.83. The zero-order chi connectivity index (χ0) is 33.0. The standard InChI is InChI=1S/C35H35N3O9/c1-15-10-18-11-23-35(43)38-22(27(36(23)4)25(18)28(40)29(15)44-5)12-21-26(32-31(45-14-46-32)16(2)30(21)47-17(3)39)24(38)13-37-33(41)19-8-6-7-9-20(19)34(37)42/h6-10,22-24,27,35,40,43H,11-14H2,1-5H3/t22?,23?,24-,27-,35?/m0/s1. The van der Waals surface area contributed by atoms with Gasteiger partial charge in [-0.2, -0.15) is 0 Å². The summed E-state index contributed by atoms with van der Waals surface area (Å²) in [5.74, 6) is 0.221. The summed E-state index contributed by atoms with van der Waals surface area (Å²) >= 11 is 0. The first-order chi connectivity index (χ1) is 22.5. The summed E-state index contributed by atoms with van der Waals surface area (Å²) in [6, 6.07) is 6.62. The Kier molecular flexibility index (Phi) is 6.60. The minimum atomic E-state index is -1.04. The average Bonchev–Trinajstić information content (AvgIpc) is 3.62. The van der Waals surface area contributed by atoms with Crippen LogP contribution in [0.15, 0.2) is 30.3 Å². The first kappa shape index (κ1) is 29.7. The van der Waals surface area contributed by atoms with Crippen molar-refractivity contribution in [3.05, 3.63) is 74.8 Å². The van der Waals surface area contributed by atoms with E-state index in [2.05, 4.69) is 4.90 Å². The lowest BCUT2D eigenvalue weighted by molar-refractivity contribution is -0.173. The van der Waals surface area contributed by atoms with E-state index in [0.29, 0.717) is 69.2 Å². The van der Waals surface area contributed by atoms with E-state index in [-0.39, 0.29) is 25.1 Å². The number of aryl methyl sites for hydroxylation is 1. The van der Waals surface area contributed by atoms with Gasteiger partial charge in [0.05, 0.1) is 36.4 Å². The molecule has 0 radical (unpaired) electrons. The molecule has 12 heteroatoms. The molecule has 12 nitrogen and oxygen atoms in total. The SMILES string of the molecule is COc1c(C)cc2c(c1O)[C@@H]1C3Cc4c(OC(C)=O)c(C)c5c(c4[C@H](CN4C(=O)c6ccccc6C4=O)N3C(O)C(C2)N1C)OCO5. The van der Waals surface area contributed by atoms with Crippen LogP contribution in [0.2, 0.25) is 0 Å². The molecule has 2 bridgehead atoms. The number of phenols is 1. The highest BCUT2D eigenvalue weighted by Crippen LogP contribution is 2.58. The number of carbonyl (C=O) groups excluding carboxylic acids is 3. The number of aliphatic hydroxyl groups is 1. The summed E-state index contributed by atoms with van der Waals surface area (Å²) in [5.41, 5.74) is 4.88. The number of methoxy groups -OCH3 is 1. The Hall–Kier alpha value is -4.65. The van der Waals surface area contributed by atoms with Gasteiger partial charge in [0.15, 0.2) is 23.0 Å². The monoisotopic (exact) mass is 641 g/mol. The number of piperazine rings is 1. The molecular formula is C35H35N3O9. The fraction of sp³-hybridized carbons (Fsp3) is 0.400. The molecule has 3 unspecified atom stereocenters. The Bertz CT molecular complexity index is 1870. The molecule has 0 aromatic heterocycles. The van der Waals surface area contributed by atoms with Crippen LogP contribution in [0.25, 0.3) is 0 Å². The highest BCUT2D eigenvalue weighted by Gasteiger charge is 2.57. The third-order valence-electron chi connectivity index (χ3n) is 10.6. The van der Waals surface area contributed by atoms with E-state index >= 15 is 0 Å². The highest BCUT2D eigenvalue weighted by atomic mass is 16.7. The number of likely N-dealkylation sites (N-methyl/N-ethyl adjacent to an activating group) is 1. The van der Waals surface area contributed by atoms with Crippen LogP contribution in [0.4, 0.5) is 0 Å².